The molecule has 1 N–H and O–H groups in total. The lowest BCUT2D eigenvalue weighted by Crippen LogP contribution is -2.37. The third-order valence-electron chi connectivity index (χ3n) is 3.98. The van der Waals surface area contributed by atoms with E-state index in [4.69, 9.17) is 0 Å². The minimum Gasteiger partial charge on any atom is -0.349 e. The molecule has 1 atom stereocenters. The molecule has 0 spiro atoms. The number of carbonyl (C=O) groups is 1. The minimum atomic E-state index is 0.0493. The Morgan fingerprint density at radius 2 is 2.06 bits per heavy atom. The molecule has 0 aromatic heterocycles. The van der Waals surface area contributed by atoms with Crippen molar-refractivity contribution in [2.45, 2.75) is 45.6 Å². The Morgan fingerprint density at radius 3 is 2.72 bits per heavy atom. The van der Waals surface area contributed by atoms with Crippen molar-refractivity contribution in [3.8, 4) is 0 Å². The van der Waals surface area contributed by atoms with Gasteiger partial charge in [0.25, 0.3) is 5.91 Å². The first-order valence-electron chi connectivity index (χ1n) is 6.65. The standard InChI is InChI=1S/C15H20BrNO/c1-10-13(8-5-9-14(10)16)15(18)17-11(2)12-6-3-4-7-12/h5,8-9,11-12H,3-4,6-7H2,1-2H3,(H,17,18). The second-order valence-electron chi connectivity index (χ2n) is 5.22. The van der Waals surface area contributed by atoms with E-state index in [1.165, 1.54) is 25.7 Å². The first-order valence-corrected chi connectivity index (χ1v) is 7.45. The number of hydrogen-bond donors (Lipinski definition) is 1. The molecule has 1 fully saturated rings. The summed E-state index contributed by atoms with van der Waals surface area (Å²) in [6.45, 7) is 4.10. The zero-order valence-corrected chi connectivity index (χ0v) is 12.6. The molecule has 98 valence electrons. The van der Waals surface area contributed by atoms with Crippen molar-refractivity contribution >= 4 is 21.8 Å². The Labute approximate surface area is 117 Å². The van der Waals surface area contributed by atoms with Crippen molar-refractivity contribution in [1.29, 1.82) is 0 Å². The lowest BCUT2D eigenvalue weighted by atomic mass is 9.99. The largest absolute Gasteiger partial charge is 0.349 e. The molecule has 1 aromatic rings. The molecule has 0 saturated heterocycles. The van der Waals surface area contributed by atoms with E-state index in [1.807, 2.05) is 25.1 Å². The van der Waals surface area contributed by atoms with Gasteiger partial charge in [-0.25, -0.2) is 0 Å². The number of amides is 1. The average molecular weight is 310 g/mol. The van der Waals surface area contributed by atoms with Gasteiger partial charge in [0.05, 0.1) is 0 Å². The molecule has 3 heteroatoms. The van der Waals surface area contributed by atoms with Gasteiger partial charge in [0.1, 0.15) is 0 Å². The summed E-state index contributed by atoms with van der Waals surface area (Å²) in [7, 11) is 0. The van der Waals surface area contributed by atoms with Crippen molar-refractivity contribution < 1.29 is 4.79 Å². The molecule has 2 nitrogen and oxygen atoms in total. The van der Waals surface area contributed by atoms with Crippen LogP contribution in [0.4, 0.5) is 0 Å². The molecule has 18 heavy (non-hydrogen) atoms. The van der Waals surface area contributed by atoms with Crippen molar-refractivity contribution in [1.82, 2.24) is 5.32 Å². The second-order valence-corrected chi connectivity index (χ2v) is 6.07. The zero-order chi connectivity index (χ0) is 13.1. The summed E-state index contributed by atoms with van der Waals surface area (Å²) < 4.78 is 0.990. The molecule has 0 aliphatic heterocycles. The van der Waals surface area contributed by atoms with E-state index in [0.717, 1.165) is 15.6 Å². The highest BCUT2D eigenvalue weighted by Crippen LogP contribution is 2.28. The molecule has 2 rings (SSSR count). The molecule has 0 heterocycles. The summed E-state index contributed by atoms with van der Waals surface area (Å²) in [4.78, 5) is 12.3. The fourth-order valence-electron chi connectivity index (χ4n) is 2.71. The predicted molar refractivity (Wildman–Crippen MR) is 77.8 cm³/mol. The van der Waals surface area contributed by atoms with Crippen LogP contribution in [0.5, 0.6) is 0 Å². The normalized spacial score (nSPS) is 17.7. The monoisotopic (exact) mass is 309 g/mol. The van der Waals surface area contributed by atoms with Gasteiger partial charge < -0.3 is 5.32 Å². The molecule has 1 unspecified atom stereocenters. The number of halogens is 1. The quantitative estimate of drug-likeness (QED) is 0.896. The van der Waals surface area contributed by atoms with E-state index >= 15 is 0 Å². The van der Waals surface area contributed by atoms with Crippen LogP contribution in [-0.2, 0) is 0 Å². The van der Waals surface area contributed by atoms with Crippen molar-refractivity contribution in [3.05, 3.63) is 33.8 Å². The number of hydrogen-bond acceptors (Lipinski definition) is 1. The Morgan fingerprint density at radius 1 is 1.39 bits per heavy atom. The number of rotatable bonds is 3. The Kier molecular flexibility index (Phi) is 4.44. The molecule has 1 amide bonds. The molecule has 0 bridgehead atoms. The maximum Gasteiger partial charge on any atom is 0.251 e. The summed E-state index contributed by atoms with van der Waals surface area (Å²) >= 11 is 3.47. The highest BCUT2D eigenvalue weighted by molar-refractivity contribution is 9.10. The fraction of sp³-hybridized carbons (Fsp3) is 0.533. The first kappa shape index (κ1) is 13.6. The zero-order valence-electron chi connectivity index (χ0n) is 11.0. The van der Waals surface area contributed by atoms with E-state index in [-0.39, 0.29) is 11.9 Å². The number of nitrogens with one attached hydrogen (secondary N) is 1. The van der Waals surface area contributed by atoms with Gasteiger partial charge >= 0.3 is 0 Å². The van der Waals surface area contributed by atoms with Crippen molar-refractivity contribution in [2.75, 3.05) is 0 Å². The van der Waals surface area contributed by atoms with Crippen molar-refractivity contribution in [3.63, 3.8) is 0 Å². The maximum atomic E-state index is 12.3. The van der Waals surface area contributed by atoms with Gasteiger partial charge in [-0.3, -0.25) is 4.79 Å². The van der Waals surface area contributed by atoms with E-state index < -0.39 is 0 Å². The van der Waals surface area contributed by atoms with Crippen LogP contribution < -0.4 is 5.32 Å². The van der Waals surface area contributed by atoms with E-state index in [1.54, 1.807) is 0 Å². The highest BCUT2D eigenvalue weighted by Gasteiger charge is 2.23. The van der Waals surface area contributed by atoms with Crippen LogP contribution in [0.1, 0.15) is 48.5 Å². The van der Waals surface area contributed by atoms with Crippen LogP contribution >= 0.6 is 15.9 Å². The lowest BCUT2D eigenvalue weighted by molar-refractivity contribution is 0.0926. The minimum absolute atomic E-state index is 0.0493. The highest BCUT2D eigenvalue weighted by atomic mass is 79.9. The third kappa shape index (κ3) is 2.94. The predicted octanol–water partition coefficient (Wildman–Crippen LogP) is 4.07. The van der Waals surface area contributed by atoms with Gasteiger partial charge in [-0.2, -0.15) is 0 Å². The second kappa shape index (κ2) is 5.87. The molecule has 1 saturated carbocycles. The molecule has 0 radical (unpaired) electrons. The van der Waals surface area contributed by atoms with E-state index in [9.17, 15) is 4.79 Å². The third-order valence-corrected chi connectivity index (χ3v) is 4.84. The number of carbonyl (C=O) groups excluding carboxylic acids is 1. The lowest BCUT2D eigenvalue weighted by Gasteiger charge is -2.21. The van der Waals surface area contributed by atoms with Crippen LogP contribution in [0.2, 0.25) is 0 Å². The average Bonchev–Trinajstić information content (AvgIpc) is 2.86. The SMILES string of the molecule is Cc1c(Br)cccc1C(=O)NC(C)C1CCCC1. The Balaban J connectivity index is 2.05. The van der Waals surface area contributed by atoms with Gasteiger partial charge in [-0.05, 0) is 50.3 Å². The molecule has 1 aliphatic rings. The van der Waals surface area contributed by atoms with Gasteiger partial charge in [-0.1, -0.05) is 34.8 Å². The van der Waals surface area contributed by atoms with Gasteiger partial charge in [-0.15, -0.1) is 0 Å². The summed E-state index contributed by atoms with van der Waals surface area (Å²) in [6, 6.07) is 6.04. The Hall–Kier alpha value is -0.830. The summed E-state index contributed by atoms with van der Waals surface area (Å²) in [5, 5.41) is 3.15. The van der Waals surface area contributed by atoms with Crippen LogP contribution in [-0.4, -0.2) is 11.9 Å². The first-order chi connectivity index (χ1) is 8.59. The summed E-state index contributed by atoms with van der Waals surface area (Å²) in [6.07, 6.45) is 5.11. The summed E-state index contributed by atoms with van der Waals surface area (Å²) in [5.41, 5.74) is 1.78. The van der Waals surface area contributed by atoms with Gasteiger partial charge in [0.2, 0.25) is 0 Å². The smallest absolute Gasteiger partial charge is 0.251 e. The van der Waals surface area contributed by atoms with Crippen LogP contribution in [0.25, 0.3) is 0 Å². The van der Waals surface area contributed by atoms with Gasteiger partial charge in [0.15, 0.2) is 0 Å². The van der Waals surface area contributed by atoms with Crippen molar-refractivity contribution in [2.24, 2.45) is 5.92 Å². The maximum absolute atomic E-state index is 12.3. The van der Waals surface area contributed by atoms with Crippen LogP contribution in [0.15, 0.2) is 22.7 Å². The molecular weight excluding hydrogens is 290 g/mol. The summed E-state index contributed by atoms with van der Waals surface area (Å²) in [5.74, 6) is 0.703. The van der Waals surface area contributed by atoms with Crippen LogP contribution in [0, 0.1) is 12.8 Å². The molecule has 1 aromatic carbocycles. The number of benzene rings is 1. The van der Waals surface area contributed by atoms with E-state index in [0.29, 0.717) is 5.92 Å². The van der Waals surface area contributed by atoms with E-state index in [2.05, 4.69) is 28.2 Å². The molecular formula is C15H20BrNO. The Bertz CT molecular complexity index is 438. The topological polar surface area (TPSA) is 29.1 Å². The van der Waals surface area contributed by atoms with Gasteiger partial charge in [0, 0.05) is 16.1 Å². The van der Waals surface area contributed by atoms with Crippen LogP contribution in [0.3, 0.4) is 0 Å². The molecule has 1 aliphatic carbocycles. The fourth-order valence-corrected chi connectivity index (χ4v) is 3.08.